The average molecular weight is 341 g/mol. The van der Waals surface area contributed by atoms with Gasteiger partial charge < -0.3 is 10.1 Å². The normalized spacial score (nSPS) is 21.9. The summed E-state index contributed by atoms with van der Waals surface area (Å²) in [6.07, 6.45) is 1.49. The number of hydrogen-bond donors (Lipinski definition) is 1. The highest BCUT2D eigenvalue weighted by Crippen LogP contribution is 2.25. The minimum absolute atomic E-state index is 0.366. The van der Waals surface area contributed by atoms with Crippen LogP contribution in [0.1, 0.15) is 31.9 Å². The van der Waals surface area contributed by atoms with Gasteiger partial charge in [-0.1, -0.05) is 41.1 Å². The van der Waals surface area contributed by atoms with Crippen molar-refractivity contribution in [2.45, 2.75) is 32.4 Å². The molecule has 2 atom stereocenters. The second-order valence-corrected chi connectivity index (χ2v) is 6.26. The highest BCUT2D eigenvalue weighted by atomic mass is 79.9. The summed E-state index contributed by atoms with van der Waals surface area (Å²) >= 11 is 3.67. The van der Waals surface area contributed by atoms with E-state index in [1.165, 1.54) is 10.0 Å². The first-order chi connectivity index (χ1) is 9.70. The van der Waals surface area contributed by atoms with Gasteiger partial charge in [0, 0.05) is 30.1 Å². The van der Waals surface area contributed by atoms with Crippen molar-refractivity contribution in [2.75, 3.05) is 32.8 Å². The van der Waals surface area contributed by atoms with Crippen LogP contribution < -0.4 is 5.32 Å². The minimum Gasteiger partial charge on any atom is -0.376 e. The highest BCUT2D eigenvalue weighted by molar-refractivity contribution is 9.10. The van der Waals surface area contributed by atoms with Crippen LogP contribution >= 0.6 is 15.9 Å². The van der Waals surface area contributed by atoms with Crippen molar-refractivity contribution in [3.63, 3.8) is 0 Å². The molecule has 0 bridgehead atoms. The molecular weight excluding hydrogens is 316 g/mol. The topological polar surface area (TPSA) is 24.5 Å². The van der Waals surface area contributed by atoms with Gasteiger partial charge in [0.1, 0.15) is 0 Å². The Balaban J connectivity index is 1.94. The molecule has 0 aromatic heterocycles. The monoisotopic (exact) mass is 340 g/mol. The molecule has 4 heteroatoms. The summed E-state index contributed by atoms with van der Waals surface area (Å²) in [5, 5.41) is 3.60. The quantitative estimate of drug-likeness (QED) is 0.860. The van der Waals surface area contributed by atoms with Gasteiger partial charge in [-0.25, -0.2) is 0 Å². The molecule has 1 saturated heterocycles. The molecule has 1 aliphatic heterocycles. The maximum Gasteiger partial charge on any atom is 0.0674 e. The van der Waals surface area contributed by atoms with Crippen LogP contribution in [0, 0.1) is 0 Å². The molecule has 3 nitrogen and oxygen atoms in total. The number of benzene rings is 1. The molecular formula is C16H25BrN2O. The third-order valence-corrected chi connectivity index (χ3v) is 4.51. The number of morpholine rings is 1. The third kappa shape index (κ3) is 4.55. The smallest absolute Gasteiger partial charge is 0.0674 e. The van der Waals surface area contributed by atoms with E-state index in [9.17, 15) is 0 Å². The molecule has 1 N–H and O–H groups in total. The van der Waals surface area contributed by atoms with Crippen LogP contribution in [0.15, 0.2) is 28.7 Å². The van der Waals surface area contributed by atoms with Crippen molar-refractivity contribution >= 4 is 15.9 Å². The lowest BCUT2D eigenvalue weighted by Crippen LogP contribution is -2.42. The molecule has 1 aromatic carbocycles. The summed E-state index contributed by atoms with van der Waals surface area (Å²) in [6, 6.07) is 8.92. The molecule has 112 valence electrons. The summed E-state index contributed by atoms with van der Waals surface area (Å²) in [5.41, 5.74) is 1.36. The molecule has 0 saturated carbocycles. The van der Waals surface area contributed by atoms with Gasteiger partial charge in [0.05, 0.1) is 12.7 Å². The maximum absolute atomic E-state index is 5.60. The van der Waals surface area contributed by atoms with E-state index in [1.54, 1.807) is 0 Å². The minimum atomic E-state index is 0.366. The molecule has 0 aliphatic carbocycles. The van der Waals surface area contributed by atoms with Crippen molar-refractivity contribution in [2.24, 2.45) is 0 Å². The zero-order chi connectivity index (χ0) is 14.4. The van der Waals surface area contributed by atoms with Crippen LogP contribution in [0.3, 0.4) is 0 Å². The Morgan fingerprint density at radius 1 is 1.45 bits per heavy atom. The van der Waals surface area contributed by atoms with Crippen LogP contribution in [0.4, 0.5) is 0 Å². The SMILES string of the molecule is CCNC(CCN1CCOC(C)C1)c1ccccc1Br. The van der Waals surface area contributed by atoms with Crippen molar-refractivity contribution in [3.8, 4) is 0 Å². The molecule has 0 spiro atoms. The Hall–Kier alpha value is -0.420. The molecule has 1 aliphatic rings. The number of hydrogen-bond acceptors (Lipinski definition) is 3. The summed E-state index contributed by atoms with van der Waals surface area (Å²) in [6.45, 7) is 9.40. The molecule has 0 amide bonds. The summed E-state index contributed by atoms with van der Waals surface area (Å²) in [4.78, 5) is 2.51. The number of nitrogens with zero attached hydrogens (tertiary/aromatic N) is 1. The van der Waals surface area contributed by atoms with Gasteiger partial charge in [0.15, 0.2) is 0 Å². The lowest BCUT2D eigenvalue weighted by Gasteiger charge is -2.32. The van der Waals surface area contributed by atoms with E-state index in [2.05, 4.69) is 64.3 Å². The second-order valence-electron chi connectivity index (χ2n) is 5.40. The van der Waals surface area contributed by atoms with Gasteiger partial charge in [0.2, 0.25) is 0 Å². The molecule has 1 heterocycles. The molecule has 0 radical (unpaired) electrons. The van der Waals surface area contributed by atoms with Crippen molar-refractivity contribution in [1.82, 2.24) is 10.2 Å². The third-order valence-electron chi connectivity index (χ3n) is 3.79. The molecule has 2 rings (SSSR count). The Bertz CT molecular complexity index is 413. The maximum atomic E-state index is 5.60. The standard InChI is InChI=1S/C16H25BrN2O/c1-3-18-16(14-6-4-5-7-15(14)17)8-9-19-10-11-20-13(2)12-19/h4-7,13,16,18H,3,8-12H2,1-2H3. The Morgan fingerprint density at radius 2 is 2.25 bits per heavy atom. The number of ether oxygens (including phenoxy) is 1. The van der Waals surface area contributed by atoms with E-state index in [1.807, 2.05) is 0 Å². The summed E-state index contributed by atoms with van der Waals surface area (Å²) < 4.78 is 6.80. The van der Waals surface area contributed by atoms with Crippen molar-refractivity contribution < 1.29 is 4.74 Å². The fourth-order valence-electron chi connectivity index (χ4n) is 2.78. The first-order valence-corrected chi connectivity index (χ1v) is 8.31. The van der Waals surface area contributed by atoms with Gasteiger partial charge in [-0.05, 0) is 31.5 Å². The van der Waals surface area contributed by atoms with E-state index >= 15 is 0 Å². The van der Waals surface area contributed by atoms with Crippen molar-refractivity contribution in [3.05, 3.63) is 34.3 Å². The van der Waals surface area contributed by atoms with Crippen LogP contribution in [-0.4, -0.2) is 43.8 Å². The van der Waals surface area contributed by atoms with Gasteiger partial charge in [-0.15, -0.1) is 0 Å². The Labute approximate surface area is 130 Å². The second kappa shape index (κ2) is 8.13. The molecule has 20 heavy (non-hydrogen) atoms. The van der Waals surface area contributed by atoms with Gasteiger partial charge in [0.25, 0.3) is 0 Å². The highest BCUT2D eigenvalue weighted by Gasteiger charge is 2.19. The van der Waals surface area contributed by atoms with Gasteiger partial charge in [-0.2, -0.15) is 0 Å². The van der Waals surface area contributed by atoms with E-state index in [-0.39, 0.29) is 0 Å². The fraction of sp³-hybridized carbons (Fsp3) is 0.625. The number of halogens is 1. The first-order valence-electron chi connectivity index (χ1n) is 7.52. The van der Waals surface area contributed by atoms with Crippen LogP contribution in [0.5, 0.6) is 0 Å². The Morgan fingerprint density at radius 3 is 2.95 bits per heavy atom. The van der Waals surface area contributed by atoms with E-state index < -0.39 is 0 Å². The van der Waals surface area contributed by atoms with Crippen LogP contribution in [0.2, 0.25) is 0 Å². The van der Waals surface area contributed by atoms with E-state index in [4.69, 9.17) is 4.74 Å². The molecule has 2 unspecified atom stereocenters. The molecule has 1 aromatic rings. The number of nitrogens with one attached hydrogen (secondary N) is 1. The van der Waals surface area contributed by atoms with Crippen molar-refractivity contribution in [1.29, 1.82) is 0 Å². The van der Waals surface area contributed by atoms with E-state index in [0.717, 1.165) is 39.2 Å². The predicted octanol–water partition coefficient (Wildman–Crippen LogP) is 3.21. The lowest BCUT2D eigenvalue weighted by atomic mass is 10.0. The predicted molar refractivity (Wildman–Crippen MR) is 87.0 cm³/mol. The van der Waals surface area contributed by atoms with Gasteiger partial charge in [-0.3, -0.25) is 4.90 Å². The summed E-state index contributed by atoms with van der Waals surface area (Å²) in [5.74, 6) is 0. The van der Waals surface area contributed by atoms with E-state index in [0.29, 0.717) is 12.1 Å². The van der Waals surface area contributed by atoms with Gasteiger partial charge >= 0.3 is 0 Å². The zero-order valence-corrected chi connectivity index (χ0v) is 14.0. The average Bonchev–Trinajstić information content (AvgIpc) is 2.44. The lowest BCUT2D eigenvalue weighted by molar-refractivity contribution is -0.0192. The zero-order valence-electron chi connectivity index (χ0n) is 12.4. The number of rotatable bonds is 6. The fourth-order valence-corrected chi connectivity index (χ4v) is 3.34. The first kappa shape index (κ1) is 16.0. The summed E-state index contributed by atoms with van der Waals surface area (Å²) in [7, 11) is 0. The van der Waals surface area contributed by atoms with Crippen LogP contribution in [-0.2, 0) is 4.74 Å². The van der Waals surface area contributed by atoms with Crippen LogP contribution in [0.25, 0.3) is 0 Å². The largest absolute Gasteiger partial charge is 0.376 e. The Kier molecular flexibility index (Phi) is 6.49. The molecule has 1 fully saturated rings.